The first-order valence-corrected chi connectivity index (χ1v) is 10.2. The first-order chi connectivity index (χ1) is 13.5. The fourth-order valence-corrected chi connectivity index (χ4v) is 6.08. The highest BCUT2D eigenvalue weighted by Gasteiger charge is 2.53. The van der Waals surface area contributed by atoms with Crippen LogP contribution < -0.4 is 4.74 Å². The van der Waals surface area contributed by atoms with Crippen LogP contribution in [0.1, 0.15) is 49.0 Å². The molecule has 0 unspecified atom stereocenters. The summed E-state index contributed by atoms with van der Waals surface area (Å²) in [4.78, 5) is 15.1. The van der Waals surface area contributed by atoms with Gasteiger partial charge in [0, 0.05) is 18.8 Å². The van der Waals surface area contributed by atoms with Crippen molar-refractivity contribution in [2.75, 3.05) is 7.05 Å². The summed E-state index contributed by atoms with van der Waals surface area (Å²) in [5.41, 5.74) is 0.487. The van der Waals surface area contributed by atoms with E-state index in [0.717, 1.165) is 37.0 Å². The first kappa shape index (κ1) is 17.7. The van der Waals surface area contributed by atoms with E-state index >= 15 is 0 Å². The molecule has 4 fully saturated rings. The van der Waals surface area contributed by atoms with Gasteiger partial charge in [-0.1, -0.05) is 0 Å². The van der Waals surface area contributed by atoms with Crippen molar-refractivity contribution >= 4 is 5.91 Å². The smallest absolute Gasteiger partial charge is 0.274 e. The van der Waals surface area contributed by atoms with E-state index in [-0.39, 0.29) is 24.0 Å². The van der Waals surface area contributed by atoms with Gasteiger partial charge in [0.2, 0.25) is 0 Å². The number of nitrogens with zero attached hydrogens (tertiary/aromatic N) is 3. The van der Waals surface area contributed by atoms with Crippen molar-refractivity contribution in [3.8, 4) is 5.75 Å². The van der Waals surface area contributed by atoms with Crippen LogP contribution in [0.15, 0.2) is 36.5 Å². The van der Waals surface area contributed by atoms with E-state index in [1.807, 2.05) is 11.9 Å². The summed E-state index contributed by atoms with van der Waals surface area (Å²) in [6.45, 7) is 0.181. The number of rotatable bonds is 5. The summed E-state index contributed by atoms with van der Waals surface area (Å²) >= 11 is 0. The second-order valence-corrected chi connectivity index (χ2v) is 8.97. The van der Waals surface area contributed by atoms with E-state index in [2.05, 4.69) is 5.10 Å². The highest BCUT2D eigenvalue weighted by molar-refractivity contribution is 5.92. The molecular formula is C22H26FN3O2. The Hall–Kier alpha value is -2.37. The average Bonchev–Trinajstić information content (AvgIpc) is 3.14. The van der Waals surface area contributed by atoms with Crippen LogP contribution in [0.3, 0.4) is 0 Å². The first-order valence-electron chi connectivity index (χ1n) is 10.2. The van der Waals surface area contributed by atoms with Crippen LogP contribution in [0.25, 0.3) is 0 Å². The predicted octanol–water partition coefficient (Wildman–Crippen LogP) is 4.10. The molecule has 0 aliphatic heterocycles. The number of hydrogen-bond donors (Lipinski definition) is 0. The van der Waals surface area contributed by atoms with Gasteiger partial charge in [-0.05, 0) is 86.6 Å². The molecule has 6 heteroatoms. The summed E-state index contributed by atoms with van der Waals surface area (Å²) in [5, 5.41) is 4.42. The molecule has 1 aromatic carbocycles. The molecule has 148 valence electrons. The maximum Gasteiger partial charge on any atom is 0.274 e. The molecule has 5 nitrogen and oxygen atoms in total. The van der Waals surface area contributed by atoms with Gasteiger partial charge in [0.1, 0.15) is 11.6 Å². The molecule has 2 aromatic rings. The molecule has 0 radical (unpaired) electrons. The summed E-state index contributed by atoms with van der Waals surface area (Å²) < 4.78 is 20.2. The third-order valence-corrected chi connectivity index (χ3v) is 7.06. The molecule has 4 bridgehead atoms. The molecule has 28 heavy (non-hydrogen) atoms. The standard InChI is InChI=1S/C22H26FN3O2/c1-25(22-11-15-8-16(12-22)10-17(9-15)13-22)21(27)20-6-7-26(24-20)14-28-19-4-2-18(23)3-5-19/h2-7,15-17H,8-14H2,1H3. The number of carbonyl (C=O) groups is 1. The van der Waals surface area contributed by atoms with E-state index in [1.54, 1.807) is 29.1 Å². The molecule has 0 N–H and O–H groups in total. The third kappa shape index (κ3) is 3.09. The van der Waals surface area contributed by atoms with Gasteiger partial charge in [-0.2, -0.15) is 5.10 Å². The van der Waals surface area contributed by atoms with E-state index in [1.165, 1.54) is 31.4 Å². The van der Waals surface area contributed by atoms with Crippen molar-refractivity contribution in [1.29, 1.82) is 0 Å². The number of halogens is 1. The zero-order valence-corrected chi connectivity index (χ0v) is 16.2. The molecule has 0 saturated heterocycles. The number of ether oxygens (including phenoxy) is 1. The normalized spacial score (nSPS) is 30.4. The summed E-state index contributed by atoms with van der Waals surface area (Å²) in [7, 11) is 1.96. The Morgan fingerprint density at radius 2 is 1.75 bits per heavy atom. The van der Waals surface area contributed by atoms with Gasteiger partial charge in [-0.3, -0.25) is 4.79 Å². The largest absolute Gasteiger partial charge is 0.471 e. The predicted molar refractivity (Wildman–Crippen MR) is 102 cm³/mol. The van der Waals surface area contributed by atoms with E-state index in [9.17, 15) is 9.18 Å². The Kier molecular flexibility index (Phi) is 4.18. The van der Waals surface area contributed by atoms with E-state index in [0.29, 0.717) is 11.4 Å². The Balaban J connectivity index is 1.26. The summed E-state index contributed by atoms with van der Waals surface area (Å²) in [5.74, 6) is 2.65. The van der Waals surface area contributed by atoms with Crippen LogP contribution in [0.2, 0.25) is 0 Å². The lowest BCUT2D eigenvalue weighted by Gasteiger charge is -2.59. The van der Waals surface area contributed by atoms with Crippen LogP contribution in [0.5, 0.6) is 5.75 Å². The van der Waals surface area contributed by atoms with E-state index < -0.39 is 0 Å². The Labute approximate surface area is 164 Å². The monoisotopic (exact) mass is 383 g/mol. The fourth-order valence-electron chi connectivity index (χ4n) is 6.08. The van der Waals surface area contributed by atoms with Gasteiger partial charge in [0.25, 0.3) is 5.91 Å². The van der Waals surface area contributed by atoms with Gasteiger partial charge in [0.15, 0.2) is 12.4 Å². The molecule has 1 amide bonds. The number of benzene rings is 1. The minimum absolute atomic E-state index is 0.00230. The number of carbonyl (C=O) groups excluding carboxylic acids is 1. The second-order valence-electron chi connectivity index (χ2n) is 8.97. The Morgan fingerprint density at radius 3 is 2.36 bits per heavy atom. The van der Waals surface area contributed by atoms with Gasteiger partial charge < -0.3 is 9.64 Å². The van der Waals surface area contributed by atoms with Crippen LogP contribution in [-0.2, 0) is 6.73 Å². The van der Waals surface area contributed by atoms with Crippen molar-refractivity contribution < 1.29 is 13.9 Å². The fraction of sp³-hybridized carbons (Fsp3) is 0.545. The average molecular weight is 383 g/mol. The molecule has 4 aliphatic carbocycles. The maximum atomic E-state index is 13.2. The van der Waals surface area contributed by atoms with Crippen LogP contribution in [0.4, 0.5) is 4.39 Å². The van der Waals surface area contributed by atoms with Crippen molar-refractivity contribution in [2.45, 2.75) is 50.8 Å². The molecule has 0 spiro atoms. The zero-order valence-electron chi connectivity index (χ0n) is 16.2. The Bertz CT molecular complexity index is 841. The lowest BCUT2D eigenvalue weighted by molar-refractivity contribution is -0.0667. The molecular weight excluding hydrogens is 357 g/mol. The molecule has 0 atom stereocenters. The minimum Gasteiger partial charge on any atom is -0.471 e. The lowest BCUT2D eigenvalue weighted by atomic mass is 9.52. The third-order valence-electron chi connectivity index (χ3n) is 7.06. The minimum atomic E-state index is -0.299. The molecule has 1 aromatic heterocycles. The zero-order chi connectivity index (χ0) is 19.3. The maximum absolute atomic E-state index is 13.2. The molecule has 6 rings (SSSR count). The topological polar surface area (TPSA) is 47.4 Å². The number of aromatic nitrogens is 2. The number of amides is 1. The Morgan fingerprint density at radius 1 is 1.14 bits per heavy atom. The van der Waals surface area contributed by atoms with Crippen molar-refractivity contribution in [3.05, 3.63) is 48.0 Å². The summed E-state index contributed by atoms with van der Waals surface area (Å²) in [6, 6.07) is 7.62. The van der Waals surface area contributed by atoms with E-state index in [4.69, 9.17) is 4.74 Å². The highest BCUT2D eigenvalue weighted by atomic mass is 19.1. The van der Waals surface area contributed by atoms with Gasteiger partial charge in [-0.25, -0.2) is 9.07 Å². The van der Waals surface area contributed by atoms with Gasteiger partial charge >= 0.3 is 0 Å². The quantitative estimate of drug-likeness (QED) is 0.781. The van der Waals surface area contributed by atoms with Gasteiger partial charge in [0.05, 0.1) is 0 Å². The van der Waals surface area contributed by atoms with Crippen LogP contribution in [0, 0.1) is 23.6 Å². The molecule has 1 heterocycles. The lowest BCUT2D eigenvalue weighted by Crippen LogP contribution is -2.60. The van der Waals surface area contributed by atoms with Crippen molar-refractivity contribution in [1.82, 2.24) is 14.7 Å². The second kappa shape index (κ2) is 6.61. The van der Waals surface area contributed by atoms with Gasteiger partial charge in [-0.15, -0.1) is 0 Å². The van der Waals surface area contributed by atoms with Crippen molar-refractivity contribution in [3.63, 3.8) is 0 Å². The number of hydrogen-bond acceptors (Lipinski definition) is 3. The van der Waals surface area contributed by atoms with Crippen LogP contribution >= 0.6 is 0 Å². The van der Waals surface area contributed by atoms with Crippen molar-refractivity contribution in [2.24, 2.45) is 17.8 Å². The SMILES string of the molecule is CN(C(=O)c1ccn(COc2ccc(F)cc2)n1)C12CC3CC(CC(C3)C1)C2. The highest BCUT2D eigenvalue weighted by Crippen LogP contribution is 2.57. The summed E-state index contributed by atoms with van der Waals surface area (Å²) in [6.07, 6.45) is 9.27. The molecule has 4 saturated carbocycles. The molecule has 4 aliphatic rings. The van der Waals surface area contributed by atoms with Crippen LogP contribution in [-0.4, -0.2) is 33.2 Å².